The van der Waals surface area contributed by atoms with Gasteiger partial charge in [0.25, 0.3) is 0 Å². The second-order valence-corrected chi connectivity index (χ2v) is 5.07. The summed E-state index contributed by atoms with van der Waals surface area (Å²) < 4.78 is 0. The topological polar surface area (TPSA) is 88.3 Å². The highest BCUT2D eigenvalue weighted by Gasteiger charge is 2.27. The summed E-state index contributed by atoms with van der Waals surface area (Å²) in [5, 5.41) is 3.18. The number of carbonyl (C=O) groups is 2. The molecule has 2 amide bonds. The molecule has 3 N–H and O–H groups in total. The van der Waals surface area contributed by atoms with Gasteiger partial charge < -0.3 is 11.1 Å². The minimum Gasteiger partial charge on any atom is -0.366 e. The van der Waals surface area contributed by atoms with E-state index in [-0.39, 0.29) is 12.2 Å². The zero-order valence-electron chi connectivity index (χ0n) is 12.0. The summed E-state index contributed by atoms with van der Waals surface area (Å²) in [6.45, 7) is 0.917. The number of carbonyl (C=O) groups excluding carboxylic acids is 2. The number of Topliss-reactive ketones (excluding diaryl/α,β-unsaturated/α-hetero) is 1. The third-order valence-electron chi connectivity index (χ3n) is 3.57. The highest BCUT2D eigenvalue weighted by molar-refractivity contribution is 6.07. The van der Waals surface area contributed by atoms with E-state index in [1.54, 1.807) is 12.1 Å². The minimum atomic E-state index is -0.569. The maximum atomic E-state index is 12.0. The SMILES string of the molecule is NC(=O)N1CCC(=O)c2nc(NCc3ccccc3)ccc21. The molecular weight excluding hydrogens is 280 g/mol. The van der Waals surface area contributed by atoms with Gasteiger partial charge in [-0.25, -0.2) is 9.78 Å². The van der Waals surface area contributed by atoms with Gasteiger partial charge in [-0.05, 0) is 17.7 Å². The van der Waals surface area contributed by atoms with Crippen molar-refractivity contribution >= 4 is 23.3 Å². The number of ketones is 1. The second kappa shape index (κ2) is 5.85. The Bertz CT molecular complexity index is 715. The van der Waals surface area contributed by atoms with Crippen molar-refractivity contribution in [3.8, 4) is 0 Å². The maximum Gasteiger partial charge on any atom is 0.319 e. The van der Waals surface area contributed by atoms with Gasteiger partial charge in [0.15, 0.2) is 5.78 Å². The number of primary amides is 1. The first-order valence-electron chi connectivity index (χ1n) is 7.04. The second-order valence-electron chi connectivity index (χ2n) is 5.07. The van der Waals surface area contributed by atoms with Crippen molar-refractivity contribution in [3.05, 3.63) is 53.7 Å². The Labute approximate surface area is 127 Å². The predicted octanol–water partition coefficient (Wildman–Crippen LogP) is 2.17. The smallest absolute Gasteiger partial charge is 0.319 e. The number of pyridine rings is 1. The number of amides is 2. The van der Waals surface area contributed by atoms with E-state index < -0.39 is 6.03 Å². The van der Waals surface area contributed by atoms with Crippen molar-refractivity contribution in [2.24, 2.45) is 5.73 Å². The molecule has 1 aromatic heterocycles. The lowest BCUT2D eigenvalue weighted by atomic mass is 10.1. The molecule has 0 saturated heterocycles. The molecule has 0 radical (unpaired) electrons. The van der Waals surface area contributed by atoms with E-state index in [0.29, 0.717) is 30.3 Å². The first-order chi connectivity index (χ1) is 10.6. The van der Waals surface area contributed by atoms with Gasteiger partial charge in [-0.1, -0.05) is 30.3 Å². The van der Waals surface area contributed by atoms with Crippen molar-refractivity contribution in [2.45, 2.75) is 13.0 Å². The molecule has 0 fully saturated rings. The number of hydrogen-bond acceptors (Lipinski definition) is 4. The third kappa shape index (κ3) is 2.76. The zero-order valence-corrected chi connectivity index (χ0v) is 12.0. The molecule has 1 aromatic carbocycles. The van der Waals surface area contributed by atoms with E-state index in [9.17, 15) is 9.59 Å². The Hall–Kier alpha value is -2.89. The summed E-state index contributed by atoms with van der Waals surface area (Å²) >= 11 is 0. The van der Waals surface area contributed by atoms with Gasteiger partial charge in [-0.3, -0.25) is 9.69 Å². The molecule has 3 rings (SSSR count). The Morgan fingerprint density at radius 2 is 2.00 bits per heavy atom. The third-order valence-corrected chi connectivity index (χ3v) is 3.57. The number of nitrogens with two attached hydrogens (primary N) is 1. The molecule has 1 aliphatic heterocycles. The maximum absolute atomic E-state index is 12.0. The summed E-state index contributed by atoms with van der Waals surface area (Å²) in [7, 11) is 0. The highest BCUT2D eigenvalue weighted by Crippen LogP contribution is 2.27. The molecular formula is C16H16N4O2. The first-order valence-corrected chi connectivity index (χ1v) is 7.04. The Morgan fingerprint density at radius 1 is 1.23 bits per heavy atom. The Kier molecular flexibility index (Phi) is 3.74. The number of benzene rings is 1. The molecule has 2 heterocycles. The van der Waals surface area contributed by atoms with Crippen LogP contribution < -0.4 is 16.0 Å². The van der Waals surface area contributed by atoms with Gasteiger partial charge in [0, 0.05) is 19.5 Å². The normalized spacial score (nSPS) is 13.6. The molecule has 0 saturated carbocycles. The van der Waals surface area contributed by atoms with E-state index in [0.717, 1.165) is 5.56 Å². The summed E-state index contributed by atoms with van der Waals surface area (Å²) in [6.07, 6.45) is 0.241. The van der Waals surface area contributed by atoms with Gasteiger partial charge in [0.2, 0.25) is 0 Å². The Balaban J connectivity index is 1.82. The van der Waals surface area contributed by atoms with Crippen molar-refractivity contribution in [1.29, 1.82) is 0 Å². The summed E-state index contributed by atoms with van der Waals surface area (Å²) in [4.78, 5) is 29.1. The average Bonchev–Trinajstić information content (AvgIpc) is 2.54. The van der Waals surface area contributed by atoms with E-state index >= 15 is 0 Å². The van der Waals surface area contributed by atoms with E-state index in [1.807, 2.05) is 30.3 Å². The number of rotatable bonds is 3. The lowest BCUT2D eigenvalue weighted by Gasteiger charge is -2.26. The number of nitrogens with one attached hydrogen (secondary N) is 1. The molecule has 6 heteroatoms. The van der Waals surface area contributed by atoms with Crippen LogP contribution in [0.15, 0.2) is 42.5 Å². The van der Waals surface area contributed by atoms with Crippen LogP contribution in [-0.4, -0.2) is 23.3 Å². The van der Waals surface area contributed by atoms with Gasteiger partial charge in [0.05, 0.1) is 5.69 Å². The fourth-order valence-corrected chi connectivity index (χ4v) is 2.44. The van der Waals surface area contributed by atoms with Crippen molar-refractivity contribution in [3.63, 3.8) is 0 Å². The average molecular weight is 296 g/mol. The minimum absolute atomic E-state index is 0.0733. The monoisotopic (exact) mass is 296 g/mol. The fourth-order valence-electron chi connectivity index (χ4n) is 2.44. The van der Waals surface area contributed by atoms with Crippen LogP contribution in [0, 0.1) is 0 Å². The van der Waals surface area contributed by atoms with Crippen LogP contribution in [0.3, 0.4) is 0 Å². The van der Waals surface area contributed by atoms with E-state index in [4.69, 9.17) is 5.73 Å². The number of aromatic nitrogens is 1. The summed E-state index contributed by atoms with van der Waals surface area (Å²) in [5.74, 6) is 0.526. The van der Waals surface area contributed by atoms with Crippen molar-refractivity contribution < 1.29 is 9.59 Å². The molecule has 6 nitrogen and oxygen atoms in total. The van der Waals surface area contributed by atoms with Crippen LogP contribution in [0.1, 0.15) is 22.5 Å². The molecule has 0 spiro atoms. The zero-order chi connectivity index (χ0) is 15.5. The largest absolute Gasteiger partial charge is 0.366 e. The van der Waals surface area contributed by atoms with Crippen LogP contribution in [0.4, 0.5) is 16.3 Å². The molecule has 0 atom stereocenters. The van der Waals surface area contributed by atoms with Crippen LogP contribution in [-0.2, 0) is 6.54 Å². The van der Waals surface area contributed by atoms with E-state index in [1.165, 1.54) is 4.90 Å². The van der Waals surface area contributed by atoms with Crippen molar-refractivity contribution in [2.75, 3.05) is 16.8 Å². The van der Waals surface area contributed by atoms with Crippen LogP contribution in [0.5, 0.6) is 0 Å². The van der Waals surface area contributed by atoms with Gasteiger partial charge in [-0.15, -0.1) is 0 Å². The lowest BCUT2D eigenvalue weighted by molar-refractivity contribution is 0.0976. The number of fused-ring (bicyclic) bond motifs is 1. The van der Waals surface area contributed by atoms with Gasteiger partial charge in [-0.2, -0.15) is 0 Å². The molecule has 0 unspecified atom stereocenters. The number of hydrogen-bond donors (Lipinski definition) is 2. The van der Waals surface area contributed by atoms with Gasteiger partial charge >= 0.3 is 6.03 Å². The molecule has 22 heavy (non-hydrogen) atoms. The fraction of sp³-hybridized carbons (Fsp3) is 0.188. The summed E-state index contributed by atoms with van der Waals surface area (Å²) in [6, 6.07) is 12.8. The predicted molar refractivity (Wildman–Crippen MR) is 83.9 cm³/mol. The first kappa shape index (κ1) is 14.1. The molecule has 0 bridgehead atoms. The number of anilines is 2. The Morgan fingerprint density at radius 3 is 2.73 bits per heavy atom. The number of urea groups is 1. The number of nitrogens with zero attached hydrogens (tertiary/aromatic N) is 2. The van der Waals surface area contributed by atoms with Crippen LogP contribution in [0.2, 0.25) is 0 Å². The highest BCUT2D eigenvalue weighted by atomic mass is 16.2. The molecule has 0 aliphatic carbocycles. The van der Waals surface area contributed by atoms with Gasteiger partial charge in [0.1, 0.15) is 11.5 Å². The van der Waals surface area contributed by atoms with E-state index in [2.05, 4.69) is 10.3 Å². The van der Waals surface area contributed by atoms with Crippen LogP contribution >= 0.6 is 0 Å². The van der Waals surface area contributed by atoms with Crippen molar-refractivity contribution in [1.82, 2.24) is 4.98 Å². The van der Waals surface area contributed by atoms with Crippen LogP contribution in [0.25, 0.3) is 0 Å². The molecule has 112 valence electrons. The lowest BCUT2D eigenvalue weighted by Crippen LogP contribution is -2.41. The molecule has 1 aliphatic rings. The summed E-state index contributed by atoms with van der Waals surface area (Å²) in [5.41, 5.74) is 7.23. The quantitative estimate of drug-likeness (QED) is 0.908. The molecule has 2 aromatic rings. The standard InChI is InChI=1S/C16H16N4O2/c17-16(22)20-9-8-13(21)15-12(20)6-7-14(19-15)18-10-11-4-2-1-3-5-11/h1-7H,8-10H2,(H2,17,22)(H,18,19).